The zero-order chi connectivity index (χ0) is 13.0. The van der Waals surface area contributed by atoms with Gasteiger partial charge in [-0.15, -0.1) is 0 Å². The van der Waals surface area contributed by atoms with Crippen LogP contribution in [0.4, 0.5) is 5.69 Å². The fraction of sp³-hybridized carbons (Fsp3) is 0.600. The molecule has 0 spiro atoms. The minimum atomic E-state index is -0.399. The average Bonchev–Trinajstić information content (AvgIpc) is 2.40. The summed E-state index contributed by atoms with van der Waals surface area (Å²) >= 11 is 0. The van der Waals surface area contributed by atoms with Gasteiger partial charge in [0.25, 0.3) is 0 Å². The molecule has 3 N–H and O–H groups in total. The van der Waals surface area contributed by atoms with E-state index < -0.39 is 6.10 Å². The van der Waals surface area contributed by atoms with Crippen molar-refractivity contribution in [2.45, 2.75) is 32.3 Å². The lowest BCUT2D eigenvalue weighted by atomic mass is 9.94. The molecule has 0 bridgehead atoms. The Hall–Kier alpha value is -1.06. The summed E-state index contributed by atoms with van der Waals surface area (Å²) in [6, 6.07) is 7.53. The Morgan fingerprint density at radius 3 is 2.44 bits per heavy atom. The summed E-state index contributed by atoms with van der Waals surface area (Å²) in [5.41, 5.74) is 7.35. The number of rotatable bonds is 4. The molecule has 0 amide bonds. The molecule has 0 aliphatic carbocycles. The van der Waals surface area contributed by atoms with E-state index in [-0.39, 0.29) is 0 Å². The molecule has 1 aliphatic rings. The molecule has 1 aromatic rings. The summed E-state index contributed by atoms with van der Waals surface area (Å²) in [5.74, 6) is 0.884. The lowest BCUT2D eigenvalue weighted by Crippen LogP contribution is -2.36. The number of aliphatic hydroxyl groups excluding tert-OH is 1. The minimum Gasteiger partial charge on any atom is -0.399 e. The average molecular weight is 248 g/mol. The molecule has 0 aromatic heterocycles. The van der Waals surface area contributed by atoms with E-state index in [1.54, 1.807) is 0 Å². The van der Waals surface area contributed by atoms with E-state index in [0.29, 0.717) is 0 Å². The molecule has 0 radical (unpaired) electrons. The molecular weight excluding hydrogens is 224 g/mol. The Bertz CT molecular complexity index is 355. The van der Waals surface area contributed by atoms with Crippen molar-refractivity contribution in [3.05, 3.63) is 29.8 Å². The van der Waals surface area contributed by atoms with Gasteiger partial charge in [-0.3, -0.25) is 0 Å². The maximum Gasteiger partial charge on any atom is 0.0916 e. The number of nitrogens with zero attached hydrogens (tertiary/aromatic N) is 1. The summed E-state index contributed by atoms with van der Waals surface area (Å²) in [7, 11) is 0. The molecular formula is C15H24N2O. The number of likely N-dealkylation sites (tertiary alicyclic amines) is 1. The van der Waals surface area contributed by atoms with Gasteiger partial charge in [-0.05, 0) is 49.5 Å². The molecule has 1 heterocycles. The highest BCUT2D eigenvalue weighted by molar-refractivity contribution is 5.39. The molecule has 1 saturated heterocycles. The van der Waals surface area contributed by atoms with Crippen LogP contribution in [0.15, 0.2) is 24.3 Å². The third-order valence-corrected chi connectivity index (χ3v) is 4.04. The first kappa shape index (κ1) is 13.4. The van der Waals surface area contributed by atoms with E-state index in [0.717, 1.165) is 36.8 Å². The largest absolute Gasteiger partial charge is 0.399 e. The minimum absolute atomic E-state index is 0.399. The monoisotopic (exact) mass is 248 g/mol. The molecule has 2 rings (SSSR count). The fourth-order valence-electron chi connectivity index (χ4n) is 2.65. The van der Waals surface area contributed by atoms with E-state index in [9.17, 15) is 5.11 Å². The number of nitrogens with two attached hydrogens (primary N) is 1. The Kier molecular flexibility index (Phi) is 4.61. The number of benzene rings is 1. The predicted molar refractivity (Wildman–Crippen MR) is 75.3 cm³/mol. The molecule has 1 aliphatic heterocycles. The molecule has 1 atom stereocenters. The van der Waals surface area contributed by atoms with Crippen LogP contribution < -0.4 is 5.73 Å². The molecule has 3 heteroatoms. The zero-order valence-electron chi connectivity index (χ0n) is 11.2. The number of hydrogen-bond donors (Lipinski definition) is 2. The molecule has 1 unspecified atom stereocenters. The molecule has 1 aromatic carbocycles. The smallest absolute Gasteiger partial charge is 0.0916 e. The standard InChI is InChI=1S/C15H24N2O/c1-2-12-7-9-17(10-8-12)11-15(18)13-3-5-14(16)6-4-13/h3-6,12,15,18H,2,7-11,16H2,1H3. The lowest BCUT2D eigenvalue weighted by Gasteiger charge is -2.32. The third kappa shape index (κ3) is 3.47. The van der Waals surface area contributed by atoms with E-state index in [2.05, 4.69) is 11.8 Å². The van der Waals surface area contributed by atoms with E-state index in [1.165, 1.54) is 19.3 Å². The van der Waals surface area contributed by atoms with Gasteiger partial charge >= 0.3 is 0 Å². The van der Waals surface area contributed by atoms with Crippen LogP contribution in [0.1, 0.15) is 37.9 Å². The van der Waals surface area contributed by atoms with Crippen molar-refractivity contribution < 1.29 is 5.11 Å². The zero-order valence-corrected chi connectivity index (χ0v) is 11.2. The van der Waals surface area contributed by atoms with E-state index >= 15 is 0 Å². The Balaban J connectivity index is 1.84. The van der Waals surface area contributed by atoms with Crippen LogP contribution in [0.2, 0.25) is 0 Å². The van der Waals surface area contributed by atoms with Crippen molar-refractivity contribution in [1.82, 2.24) is 4.90 Å². The Morgan fingerprint density at radius 2 is 1.89 bits per heavy atom. The van der Waals surface area contributed by atoms with Crippen LogP contribution in [0.5, 0.6) is 0 Å². The molecule has 3 nitrogen and oxygen atoms in total. The first-order valence-corrected chi connectivity index (χ1v) is 6.95. The first-order valence-electron chi connectivity index (χ1n) is 6.95. The first-order chi connectivity index (χ1) is 8.69. The predicted octanol–water partition coefficient (Wildman–Crippen LogP) is 2.42. The van der Waals surface area contributed by atoms with Gasteiger partial charge < -0.3 is 15.7 Å². The number of hydrogen-bond acceptors (Lipinski definition) is 3. The molecule has 1 fully saturated rings. The summed E-state index contributed by atoms with van der Waals surface area (Å²) in [6.07, 6.45) is 3.42. The van der Waals surface area contributed by atoms with Crippen LogP contribution in [-0.4, -0.2) is 29.6 Å². The Labute approximate surface area is 110 Å². The summed E-state index contributed by atoms with van der Waals surface area (Å²) in [4.78, 5) is 2.37. The molecule has 100 valence electrons. The van der Waals surface area contributed by atoms with Crippen LogP contribution in [0.25, 0.3) is 0 Å². The summed E-state index contributed by atoms with van der Waals surface area (Å²) in [5, 5.41) is 10.2. The summed E-state index contributed by atoms with van der Waals surface area (Å²) < 4.78 is 0. The van der Waals surface area contributed by atoms with Gasteiger partial charge in [0.1, 0.15) is 0 Å². The second kappa shape index (κ2) is 6.21. The van der Waals surface area contributed by atoms with Crippen molar-refractivity contribution in [1.29, 1.82) is 0 Å². The van der Waals surface area contributed by atoms with Crippen molar-refractivity contribution in [3.63, 3.8) is 0 Å². The van der Waals surface area contributed by atoms with Gasteiger partial charge in [-0.25, -0.2) is 0 Å². The van der Waals surface area contributed by atoms with E-state index in [4.69, 9.17) is 5.73 Å². The van der Waals surface area contributed by atoms with Gasteiger partial charge in [0.15, 0.2) is 0 Å². The van der Waals surface area contributed by atoms with Crippen molar-refractivity contribution >= 4 is 5.69 Å². The maximum absolute atomic E-state index is 10.2. The van der Waals surface area contributed by atoms with Crippen molar-refractivity contribution in [2.75, 3.05) is 25.4 Å². The highest BCUT2D eigenvalue weighted by Gasteiger charge is 2.20. The van der Waals surface area contributed by atoms with Crippen LogP contribution in [0.3, 0.4) is 0 Å². The normalized spacial score (nSPS) is 19.9. The molecule has 18 heavy (non-hydrogen) atoms. The van der Waals surface area contributed by atoms with E-state index in [1.807, 2.05) is 24.3 Å². The van der Waals surface area contributed by atoms with Crippen molar-refractivity contribution in [3.8, 4) is 0 Å². The van der Waals surface area contributed by atoms with Gasteiger partial charge in [0, 0.05) is 12.2 Å². The number of anilines is 1. The number of piperidine rings is 1. The fourth-order valence-corrected chi connectivity index (χ4v) is 2.65. The number of nitrogen functional groups attached to an aromatic ring is 1. The second-order valence-corrected chi connectivity index (χ2v) is 5.33. The molecule has 0 saturated carbocycles. The number of aliphatic hydroxyl groups is 1. The summed E-state index contributed by atoms with van der Waals surface area (Å²) in [6.45, 7) is 5.24. The van der Waals surface area contributed by atoms with Gasteiger partial charge in [0.05, 0.1) is 6.10 Å². The topological polar surface area (TPSA) is 49.5 Å². The SMILES string of the molecule is CCC1CCN(CC(O)c2ccc(N)cc2)CC1. The van der Waals surface area contributed by atoms with Crippen LogP contribution >= 0.6 is 0 Å². The van der Waals surface area contributed by atoms with Crippen molar-refractivity contribution in [2.24, 2.45) is 5.92 Å². The highest BCUT2D eigenvalue weighted by Crippen LogP contribution is 2.22. The Morgan fingerprint density at radius 1 is 1.28 bits per heavy atom. The maximum atomic E-state index is 10.2. The highest BCUT2D eigenvalue weighted by atomic mass is 16.3. The van der Waals surface area contributed by atoms with Crippen LogP contribution in [0, 0.1) is 5.92 Å². The second-order valence-electron chi connectivity index (χ2n) is 5.33. The van der Waals surface area contributed by atoms with Gasteiger partial charge in [-0.2, -0.15) is 0 Å². The third-order valence-electron chi connectivity index (χ3n) is 4.04. The van der Waals surface area contributed by atoms with Crippen LogP contribution in [-0.2, 0) is 0 Å². The lowest BCUT2D eigenvalue weighted by molar-refractivity contribution is 0.0888. The number of β-amino-alcohol motifs (C(OH)–C–C–N with tert-alkyl or cyclic N) is 1. The quantitative estimate of drug-likeness (QED) is 0.805. The van der Waals surface area contributed by atoms with Gasteiger partial charge in [0.2, 0.25) is 0 Å². The van der Waals surface area contributed by atoms with Gasteiger partial charge in [-0.1, -0.05) is 25.5 Å².